The summed E-state index contributed by atoms with van der Waals surface area (Å²) in [5, 5.41) is 2.68. The van der Waals surface area contributed by atoms with E-state index in [9.17, 15) is 0 Å². The van der Waals surface area contributed by atoms with E-state index in [1.54, 1.807) is 0 Å². The van der Waals surface area contributed by atoms with Crippen molar-refractivity contribution in [3.05, 3.63) is 53.6 Å². The lowest BCUT2D eigenvalue weighted by Crippen LogP contribution is -1.83. The molecular formula is C16H18. The number of allylic oxidation sites excluding steroid dienone is 1. The molecule has 0 N–H and O–H groups in total. The number of unbranched alkanes of at least 4 members (excludes halogenated alkanes) is 1. The molecule has 0 atom stereocenters. The molecular weight excluding hydrogens is 192 g/mol. The summed E-state index contributed by atoms with van der Waals surface area (Å²) in [7, 11) is 0. The molecule has 2 aromatic carbocycles. The van der Waals surface area contributed by atoms with E-state index in [0.29, 0.717) is 0 Å². The van der Waals surface area contributed by atoms with Gasteiger partial charge < -0.3 is 0 Å². The number of rotatable bonds is 3. The van der Waals surface area contributed by atoms with E-state index >= 15 is 0 Å². The normalized spacial score (nSPS) is 11.4. The fourth-order valence-corrected chi connectivity index (χ4v) is 1.99. The molecule has 0 aromatic heterocycles. The molecule has 16 heavy (non-hydrogen) atoms. The Labute approximate surface area is 97.6 Å². The van der Waals surface area contributed by atoms with Crippen LogP contribution in [-0.2, 0) is 0 Å². The third kappa shape index (κ3) is 2.16. The summed E-state index contributed by atoms with van der Waals surface area (Å²) in [4.78, 5) is 0. The second-order valence-electron chi connectivity index (χ2n) is 4.21. The summed E-state index contributed by atoms with van der Waals surface area (Å²) in [6, 6.07) is 13.0. The van der Waals surface area contributed by atoms with Gasteiger partial charge in [-0.1, -0.05) is 61.9 Å². The lowest BCUT2D eigenvalue weighted by molar-refractivity contribution is 0.962. The molecule has 0 bridgehead atoms. The van der Waals surface area contributed by atoms with Gasteiger partial charge in [-0.2, -0.15) is 0 Å². The van der Waals surface area contributed by atoms with E-state index in [1.165, 1.54) is 28.3 Å². The Morgan fingerprint density at radius 3 is 2.69 bits per heavy atom. The molecule has 2 rings (SSSR count). The molecule has 0 saturated heterocycles. The molecule has 0 aliphatic rings. The van der Waals surface area contributed by atoms with Gasteiger partial charge >= 0.3 is 0 Å². The molecule has 0 radical (unpaired) electrons. The molecule has 0 heterocycles. The molecule has 0 heteroatoms. The average Bonchev–Trinajstić information content (AvgIpc) is 2.32. The first-order valence-electron chi connectivity index (χ1n) is 5.98. The zero-order chi connectivity index (χ0) is 11.4. The van der Waals surface area contributed by atoms with Crippen LogP contribution in [0.15, 0.2) is 42.5 Å². The second-order valence-corrected chi connectivity index (χ2v) is 4.21. The largest absolute Gasteiger partial charge is 0.0839 e. The van der Waals surface area contributed by atoms with E-state index in [1.807, 2.05) is 0 Å². The van der Waals surface area contributed by atoms with Gasteiger partial charge in [0.15, 0.2) is 0 Å². The van der Waals surface area contributed by atoms with Crippen LogP contribution in [0.4, 0.5) is 0 Å². The topological polar surface area (TPSA) is 0 Å². The van der Waals surface area contributed by atoms with Crippen LogP contribution in [0.5, 0.6) is 0 Å². The quantitative estimate of drug-likeness (QED) is 0.671. The second kappa shape index (κ2) is 4.98. The summed E-state index contributed by atoms with van der Waals surface area (Å²) >= 11 is 0. The minimum Gasteiger partial charge on any atom is -0.0839 e. The molecule has 0 amide bonds. The summed E-state index contributed by atoms with van der Waals surface area (Å²) in [5.41, 5.74) is 2.72. The number of aryl methyl sites for hydroxylation is 1. The van der Waals surface area contributed by atoms with Gasteiger partial charge in [-0.3, -0.25) is 0 Å². The summed E-state index contributed by atoms with van der Waals surface area (Å²) in [5.74, 6) is 0. The van der Waals surface area contributed by atoms with Crippen molar-refractivity contribution in [1.82, 2.24) is 0 Å². The van der Waals surface area contributed by atoms with Crippen LogP contribution in [0, 0.1) is 6.92 Å². The minimum atomic E-state index is 1.16. The van der Waals surface area contributed by atoms with E-state index in [2.05, 4.69) is 62.4 Å². The highest BCUT2D eigenvalue weighted by Crippen LogP contribution is 2.23. The van der Waals surface area contributed by atoms with Crippen LogP contribution < -0.4 is 0 Å². The molecule has 0 unspecified atom stereocenters. The predicted octanol–water partition coefficient (Wildman–Crippen LogP) is 4.96. The first kappa shape index (κ1) is 10.9. The summed E-state index contributed by atoms with van der Waals surface area (Å²) in [6.45, 7) is 4.39. The number of hydrogen-bond donors (Lipinski definition) is 0. The smallest absolute Gasteiger partial charge is 0.0109 e. The highest BCUT2D eigenvalue weighted by molar-refractivity contribution is 5.91. The highest BCUT2D eigenvalue weighted by atomic mass is 14.0. The maximum atomic E-state index is 2.27. The van der Waals surface area contributed by atoms with Gasteiger partial charge in [0.25, 0.3) is 0 Å². The zero-order valence-corrected chi connectivity index (χ0v) is 10.0. The molecule has 0 spiro atoms. The molecule has 0 fully saturated rings. The number of hydrogen-bond acceptors (Lipinski definition) is 0. The van der Waals surface area contributed by atoms with Gasteiger partial charge in [0.2, 0.25) is 0 Å². The van der Waals surface area contributed by atoms with Crippen LogP contribution in [0.25, 0.3) is 16.8 Å². The molecule has 0 nitrogen and oxygen atoms in total. The monoisotopic (exact) mass is 210 g/mol. The fourth-order valence-electron chi connectivity index (χ4n) is 1.99. The lowest BCUT2D eigenvalue weighted by atomic mass is 9.99. The first-order valence-corrected chi connectivity index (χ1v) is 5.98. The van der Waals surface area contributed by atoms with Crippen molar-refractivity contribution in [3.8, 4) is 0 Å². The van der Waals surface area contributed by atoms with Crippen LogP contribution in [0.1, 0.15) is 30.9 Å². The Morgan fingerprint density at radius 2 is 1.88 bits per heavy atom. The van der Waals surface area contributed by atoms with E-state index in [-0.39, 0.29) is 0 Å². The number of fused-ring (bicyclic) bond motifs is 1. The molecule has 0 saturated carbocycles. The van der Waals surface area contributed by atoms with Gasteiger partial charge in [0.1, 0.15) is 0 Å². The van der Waals surface area contributed by atoms with Gasteiger partial charge in [-0.25, -0.2) is 0 Å². The Balaban J connectivity index is 2.52. The van der Waals surface area contributed by atoms with Crippen molar-refractivity contribution in [1.29, 1.82) is 0 Å². The van der Waals surface area contributed by atoms with Crippen molar-refractivity contribution >= 4 is 16.8 Å². The van der Waals surface area contributed by atoms with E-state index in [4.69, 9.17) is 0 Å². The van der Waals surface area contributed by atoms with Crippen LogP contribution in [0.2, 0.25) is 0 Å². The summed E-state index contributed by atoms with van der Waals surface area (Å²) in [6.07, 6.45) is 6.90. The van der Waals surface area contributed by atoms with Crippen LogP contribution >= 0.6 is 0 Å². The van der Waals surface area contributed by atoms with Crippen molar-refractivity contribution in [2.75, 3.05) is 0 Å². The predicted molar refractivity (Wildman–Crippen MR) is 72.6 cm³/mol. The van der Waals surface area contributed by atoms with Crippen molar-refractivity contribution in [3.63, 3.8) is 0 Å². The third-order valence-electron chi connectivity index (χ3n) is 2.93. The summed E-state index contributed by atoms with van der Waals surface area (Å²) < 4.78 is 0. The molecule has 82 valence electrons. The van der Waals surface area contributed by atoms with Crippen molar-refractivity contribution in [2.24, 2.45) is 0 Å². The van der Waals surface area contributed by atoms with Gasteiger partial charge in [-0.05, 0) is 35.2 Å². The zero-order valence-electron chi connectivity index (χ0n) is 10.0. The first-order chi connectivity index (χ1) is 7.83. The average molecular weight is 210 g/mol. The Kier molecular flexibility index (Phi) is 3.40. The fraction of sp³-hybridized carbons (Fsp3) is 0.250. The Morgan fingerprint density at radius 1 is 1.06 bits per heavy atom. The van der Waals surface area contributed by atoms with Gasteiger partial charge in [-0.15, -0.1) is 0 Å². The Bertz CT molecular complexity index is 506. The molecule has 2 aromatic rings. The van der Waals surface area contributed by atoms with Gasteiger partial charge in [0.05, 0.1) is 0 Å². The van der Waals surface area contributed by atoms with Crippen LogP contribution in [0.3, 0.4) is 0 Å². The maximum absolute atomic E-state index is 2.27. The van der Waals surface area contributed by atoms with Crippen molar-refractivity contribution in [2.45, 2.75) is 26.7 Å². The SMILES string of the molecule is CCCC=Cc1c(C)ccc2ccccc12. The highest BCUT2D eigenvalue weighted by Gasteiger charge is 2.00. The third-order valence-corrected chi connectivity index (χ3v) is 2.93. The standard InChI is InChI=1S/C16H18/c1-3-4-5-9-15-13(2)11-12-14-8-6-7-10-16(14)15/h5-12H,3-4H2,1-2H3. The van der Waals surface area contributed by atoms with E-state index in [0.717, 1.165) is 6.42 Å². The van der Waals surface area contributed by atoms with E-state index < -0.39 is 0 Å². The lowest BCUT2D eigenvalue weighted by Gasteiger charge is -2.06. The molecule has 0 aliphatic carbocycles. The maximum Gasteiger partial charge on any atom is -0.0109 e. The Hall–Kier alpha value is -1.56. The van der Waals surface area contributed by atoms with Crippen LogP contribution in [-0.4, -0.2) is 0 Å². The number of benzene rings is 2. The molecule has 0 aliphatic heterocycles. The van der Waals surface area contributed by atoms with Gasteiger partial charge in [0, 0.05) is 0 Å². The minimum absolute atomic E-state index is 1.16. The van der Waals surface area contributed by atoms with Crippen molar-refractivity contribution < 1.29 is 0 Å².